The lowest BCUT2D eigenvalue weighted by molar-refractivity contribution is -0.136. The Balaban J connectivity index is 1.50. The maximum atomic E-state index is 12.8. The smallest absolute Gasteiger partial charge is 0.256 e. The summed E-state index contributed by atoms with van der Waals surface area (Å²) in [6.07, 6.45) is 1.76. The lowest BCUT2D eigenvalue weighted by Crippen LogP contribution is -2.47. The maximum absolute atomic E-state index is 12.8. The number of fused-ring (bicyclic) bond motifs is 1. The van der Waals surface area contributed by atoms with E-state index in [4.69, 9.17) is 5.73 Å². The van der Waals surface area contributed by atoms with Gasteiger partial charge in [0.1, 0.15) is 5.41 Å². The van der Waals surface area contributed by atoms with Crippen LogP contribution in [0.4, 0.5) is 17.1 Å². The molecule has 3 heterocycles. The van der Waals surface area contributed by atoms with E-state index in [1.165, 1.54) is 13.8 Å². The van der Waals surface area contributed by atoms with Crippen LogP contribution in [-0.2, 0) is 19.2 Å². The van der Waals surface area contributed by atoms with Gasteiger partial charge in [0.15, 0.2) is 0 Å². The fourth-order valence-electron chi connectivity index (χ4n) is 4.45. The zero-order chi connectivity index (χ0) is 27.8. The lowest BCUT2D eigenvalue weighted by Gasteiger charge is -2.31. The first-order chi connectivity index (χ1) is 17.9. The van der Waals surface area contributed by atoms with Crippen LogP contribution in [0.3, 0.4) is 0 Å². The summed E-state index contributed by atoms with van der Waals surface area (Å²) >= 11 is 0. The summed E-state index contributed by atoms with van der Waals surface area (Å²) in [4.78, 5) is 57.3. The second-order valence-electron chi connectivity index (χ2n) is 10.5. The predicted octanol–water partition coefficient (Wildman–Crippen LogP) is 1.76. The van der Waals surface area contributed by atoms with Crippen molar-refractivity contribution in [2.75, 3.05) is 55.7 Å². The van der Waals surface area contributed by atoms with Gasteiger partial charge < -0.3 is 31.6 Å². The minimum atomic E-state index is -1.38. The number of piperazine rings is 1. The maximum Gasteiger partial charge on any atom is 0.256 e. The van der Waals surface area contributed by atoms with Crippen LogP contribution >= 0.6 is 0 Å². The van der Waals surface area contributed by atoms with Crippen LogP contribution in [0.5, 0.6) is 0 Å². The van der Waals surface area contributed by atoms with Crippen LogP contribution in [0, 0.1) is 19.3 Å². The average Bonchev–Trinajstić information content (AvgIpc) is 3.30. The van der Waals surface area contributed by atoms with Crippen LogP contribution in [0.2, 0.25) is 0 Å². The number of hydrogen-bond donors (Lipinski definition) is 5. The molecule has 1 aromatic carbocycles. The Morgan fingerprint density at radius 2 is 1.79 bits per heavy atom. The highest BCUT2D eigenvalue weighted by atomic mass is 16.2. The highest BCUT2D eigenvalue weighted by Crippen LogP contribution is 2.36. The van der Waals surface area contributed by atoms with Crippen molar-refractivity contribution < 1.29 is 19.2 Å². The topological polar surface area (TPSA) is 153 Å². The minimum Gasteiger partial charge on any atom is -0.369 e. The van der Waals surface area contributed by atoms with Gasteiger partial charge in [0.2, 0.25) is 17.7 Å². The number of rotatable bonds is 7. The van der Waals surface area contributed by atoms with Crippen LogP contribution in [-0.4, -0.2) is 78.2 Å². The Bertz CT molecular complexity index is 1330. The van der Waals surface area contributed by atoms with Gasteiger partial charge in [-0.3, -0.25) is 24.1 Å². The summed E-state index contributed by atoms with van der Waals surface area (Å²) in [6, 6.07) is 5.04. The van der Waals surface area contributed by atoms with Gasteiger partial charge in [0, 0.05) is 48.8 Å². The number of benzene rings is 1. The van der Waals surface area contributed by atoms with Gasteiger partial charge in [0.25, 0.3) is 5.91 Å². The van der Waals surface area contributed by atoms with E-state index in [0.29, 0.717) is 34.7 Å². The third-order valence-electron chi connectivity index (χ3n) is 7.24. The fourth-order valence-corrected chi connectivity index (χ4v) is 4.45. The molecule has 2 aliphatic heterocycles. The van der Waals surface area contributed by atoms with Crippen LogP contribution in [0.15, 0.2) is 18.2 Å². The number of carbonyl (C=O) groups excluding carboxylic acids is 4. The lowest BCUT2D eigenvalue weighted by atomic mass is 9.91. The van der Waals surface area contributed by atoms with E-state index in [0.717, 1.165) is 43.1 Å². The average molecular weight is 522 g/mol. The molecule has 11 nitrogen and oxygen atoms in total. The summed E-state index contributed by atoms with van der Waals surface area (Å²) in [6.45, 7) is 10.6. The van der Waals surface area contributed by atoms with E-state index in [-0.39, 0.29) is 11.8 Å². The third-order valence-corrected chi connectivity index (χ3v) is 7.24. The number of nitrogens with two attached hydrogens (primary N) is 1. The van der Waals surface area contributed by atoms with E-state index in [1.54, 1.807) is 24.3 Å². The summed E-state index contributed by atoms with van der Waals surface area (Å²) < 4.78 is 0. The van der Waals surface area contributed by atoms with Gasteiger partial charge in [-0.05, 0) is 58.5 Å². The number of likely N-dealkylation sites (N-methyl/N-ethyl adjacent to an activating group) is 1. The molecule has 0 saturated carbocycles. The molecule has 11 heteroatoms. The largest absolute Gasteiger partial charge is 0.369 e. The number of nitrogens with zero attached hydrogens (tertiary/aromatic N) is 2. The second-order valence-corrected chi connectivity index (χ2v) is 10.5. The van der Waals surface area contributed by atoms with Gasteiger partial charge in [-0.25, -0.2) is 0 Å². The Kier molecular flexibility index (Phi) is 7.43. The summed E-state index contributed by atoms with van der Waals surface area (Å²) in [7, 11) is 2.08. The number of amides is 4. The van der Waals surface area contributed by atoms with Gasteiger partial charge in [0.05, 0.1) is 23.5 Å². The molecule has 0 unspecified atom stereocenters. The second kappa shape index (κ2) is 10.4. The highest BCUT2D eigenvalue weighted by Gasteiger charge is 2.34. The molecule has 1 aromatic heterocycles. The van der Waals surface area contributed by atoms with Crippen LogP contribution < -0.4 is 21.7 Å². The van der Waals surface area contributed by atoms with Crippen LogP contribution in [0.1, 0.15) is 36.4 Å². The standard InChI is InChI=1S/C27H35N7O4/c1-15-20(29-16(2)23(15)32-22(35)14-34-10-8-33(5)9-11-34)13-19-18-7-6-17(12-21(18)31-24(19)36)30-26(38)27(3,4)25(28)37/h6-7,12-13,29H,8-11,14H2,1-5H3,(H2,28,37)(H,30,38)(H,31,36)(H,32,35). The van der Waals surface area contributed by atoms with E-state index >= 15 is 0 Å². The molecule has 0 spiro atoms. The monoisotopic (exact) mass is 521 g/mol. The van der Waals surface area contributed by atoms with Crippen molar-refractivity contribution in [3.63, 3.8) is 0 Å². The molecule has 0 aliphatic carbocycles. The molecule has 0 radical (unpaired) electrons. The zero-order valence-corrected chi connectivity index (χ0v) is 22.4. The normalized spacial score (nSPS) is 17.3. The molecule has 1 saturated heterocycles. The molecule has 0 atom stereocenters. The van der Waals surface area contributed by atoms with Crippen molar-refractivity contribution in [1.82, 2.24) is 14.8 Å². The van der Waals surface area contributed by atoms with Gasteiger partial charge in [-0.15, -0.1) is 0 Å². The van der Waals surface area contributed by atoms with Crippen molar-refractivity contribution in [3.05, 3.63) is 40.7 Å². The molecule has 38 heavy (non-hydrogen) atoms. The first-order valence-corrected chi connectivity index (χ1v) is 12.6. The number of primary amides is 1. The summed E-state index contributed by atoms with van der Waals surface area (Å²) in [5, 5.41) is 8.53. The number of aromatic nitrogens is 1. The van der Waals surface area contributed by atoms with Gasteiger partial charge in [-0.2, -0.15) is 0 Å². The van der Waals surface area contributed by atoms with E-state index in [9.17, 15) is 19.2 Å². The molecule has 1 fully saturated rings. The number of aryl methyl sites for hydroxylation is 1. The number of nitrogens with one attached hydrogen (secondary N) is 4. The van der Waals surface area contributed by atoms with Crippen molar-refractivity contribution in [2.24, 2.45) is 11.1 Å². The molecule has 0 bridgehead atoms. The van der Waals surface area contributed by atoms with Gasteiger partial charge in [-0.1, -0.05) is 6.07 Å². The van der Waals surface area contributed by atoms with E-state index < -0.39 is 17.2 Å². The Morgan fingerprint density at radius 1 is 1.11 bits per heavy atom. The molecule has 202 valence electrons. The first kappa shape index (κ1) is 27.1. The molecule has 6 N–H and O–H groups in total. The van der Waals surface area contributed by atoms with Crippen LogP contribution in [0.25, 0.3) is 11.6 Å². The highest BCUT2D eigenvalue weighted by molar-refractivity contribution is 6.35. The molecule has 2 aromatic rings. The molecule has 2 aliphatic rings. The van der Waals surface area contributed by atoms with E-state index in [1.807, 2.05) is 13.8 Å². The van der Waals surface area contributed by atoms with Crippen molar-refractivity contribution in [2.45, 2.75) is 27.7 Å². The van der Waals surface area contributed by atoms with Crippen molar-refractivity contribution in [1.29, 1.82) is 0 Å². The summed E-state index contributed by atoms with van der Waals surface area (Å²) in [5.41, 5.74) is 9.11. The van der Waals surface area contributed by atoms with E-state index in [2.05, 4.69) is 37.8 Å². The van der Waals surface area contributed by atoms with Gasteiger partial charge >= 0.3 is 0 Å². The predicted molar refractivity (Wildman–Crippen MR) is 147 cm³/mol. The number of carbonyl (C=O) groups is 4. The number of anilines is 3. The zero-order valence-electron chi connectivity index (χ0n) is 22.4. The molecule has 4 rings (SSSR count). The molecule has 4 amide bonds. The quantitative estimate of drug-likeness (QED) is 0.277. The SMILES string of the molecule is Cc1[nH]c(C=C2C(=O)Nc3cc(NC(=O)C(C)(C)C(N)=O)ccc32)c(C)c1NC(=O)CN1CCN(C)CC1. The Morgan fingerprint density at radius 3 is 2.45 bits per heavy atom. The number of hydrogen-bond acceptors (Lipinski definition) is 6. The Hall–Kier alpha value is -3.96. The first-order valence-electron chi connectivity index (χ1n) is 12.6. The van der Waals surface area contributed by atoms with Crippen molar-refractivity contribution >= 4 is 52.3 Å². The fraction of sp³-hybridized carbons (Fsp3) is 0.407. The van der Waals surface area contributed by atoms with Crippen molar-refractivity contribution in [3.8, 4) is 0 Å². The third kappa shape index (κ3) is 5.48. The number of H-pyrrole nitrogens is 1. The number of aromatic amines is 1. The molecular weight excluding hydrogens is 486 g/mol. The minimum absolute atomic E-state index is 0.0722. The molecular formula is C27H35N7O4. The Labute approximate surface area is 221 Å². The summed E-state index contributed by atoms with van der Waals surface area (Å²) in [5.74, 6) is -1.63.